The Morgan fingerprint density at radius 1 is 0.311 bits per heavy atom. The zero-order chi connectivity index (χ0) is 54.1. The van der Waals surface area contributed by atoms with Crippen LogP contribution in [0, 0.1) is 0 Å². The van der Waals surface area contributed by atoms with Crippen LogP contribution in [0.3, 0.4) is 0 Å². The first-order chi connectivity index (χ1) is 35.1. The van der Waals surface area contributed by atoms with E-state index in [0.29, 0.717) is 0 Å². The third-order valence-electron chi connectivity index (χ3n) is 13.5. The predicted octanol–water partition coefficient (Wildman–Crippen LogP) is -12.8. The summed E-state index contributed by atoms with van der Waals surface area (Å²) in [4.78, 5) is 0. The molecule has 18 N–H and O–H groups in total. The van der Waals surface area contributed by atoms with Crippen LogP contribution < -0.4 is 0 Å². The number of hydrogen-bond donors (Lipinski definition) is 18. The second-order valence-electron chi connectivity index (χ2n) is 18.3. The number of hydrogen-bond acceptors (Lipinski definition) is 33. The molecule has 0 saturated carbocycles. The zero-order valence-electron chi connectivity index (χ0n) is 38.7. The maximum Gasteiger partial charge on any atom is 0.397 e. The molecule has 0 aromatic heterocycles. The van der Waals surface area contributed by atoms with Gasteiger partial charge in [0.15, 0.2) is 37.7 Å². The van der Waals surface area contributed by atoms with Crippen LogP contribution in [0.4, 0.5) is 0 Å². The molecule has 35 heteroatoms. The van der Waals surface area contributed by atoms with Crippen LogP contribution in [0.5, 0.6) is 0 Å². The van der Waals surface area contributed by atoms with Gasteiger partial charge in [-0.15, -0.1) is 0 Å². The summed E-state index contributed by atoms with van der Waals surface area (Å²) in [6.07, 6.45) is -59.8. The van der Waals surface area contributed by atoms with Crippen LogP contribution in [0.1, 0.15) is 6.42 Å². The van der Waals surface area contributed by atoms with Crippen molar-refractivity contribution in [3.63, 3.8) is 0 Å². The van der Waals surface area contributed by atoms with Crippen molar-refractivity contribution in [3.8, 4) is 0 Å². The highest BCUT2D eigenvalue weighted by atomic mass is 32.3. The van der Waals surface area contributed by atoms with Crippen LogP contribution in [0.15, 0.2) is 0 Å². The minimum atomic E-state index is -4.92. The number of aliphatic hydroxyl groups is 17. The zero-order valence-corrected chi connectivity index (χ0v) is 39.5. The highest BCUT2D eigenvalue weighted by Gasteiger charge is 2.59. The summed E-state index contributed by atoms with van der Waals surface area (Å²) in [6, 6.07) is 0. The van der Waals surface area contributed by atoms with Crippen LogP contribution in [0.25, 0.3) is 0 Å². The van der Waals surface area contributed by atoms with E-state index in [9.17, 15) is 95.2 Å². The first-order valence-electron chi connectivity index (χ1n) is 23.3. The van der Waals surface area contributed by atoms with Crippen molar-refractivity contribution in [2.45, 2.75) is 191 Å². The molecule has 22 heterocycles. The van der Waals surface area contributed by atoms with Gasteiger partial charge in [-0.25, -0.2) is 4.18 Å². The first kappa shape index (κ1) is 60.3. The fourth-order valence-electron chi connectivity index (χ4n) is 9.55. The van der Waals surface area contributed by atoms with E-state index in [2.05, 4.69) is 4.18 Å². The molecule has 22 aliphatic rings. The molecule has 74 heavy (non-hydrogen) atoms. The van der Waals surface area contributed by atoms with Crippen molar-refractivity contribution < 1.29 is 166 Å². The van der Waals surface area contributed by atoms with Gasteiger partial charge in [0.25, 0.3) is 0 Å². The average molecular weight is 1110 g/mol. The summed E-state index contributed by atoms with van der Waals surface area (Å²) in [5.74, 6) is 0. The third kappa shape index (κ3) is 12.8. The van der Waals surface area contributed by atoms with Gasteiger partial charge in [0, 0.05) is 6.61 Å². The van der Waals surface area contributed by atoms with Gasteiger partial charge in [0.1, 0.15) is 146 Å². The molecule has 22 aliphatic heterocycles. The van der Waals surface area contributed by atoms with E-state index in [1.54, 1.807) is 0 Å². The summed E-state index contributed by atoms with van der Waals surface area (Å²) in [7, 11) is -4.92. The lowest BCUT2D eigenvalue weighted by Crippen LogP contribution is -2.69. The lowest BCUT2D eigenvalue weighted by atomic mass is 9.94. The van der Waals surface area contributed by atoms with Gasteiger partial charge in [-0.3, -0.25) is 4.55 Å². The summed E-state index contributed by atoms with van der Waals surface area (Å²) in [5, 5.41) is 187. The van der Waals surface area contributed by atoms with Crippen molar-refractivity contribution in [1.29, 1.82) is 0 Å². The van der Waals surface area contributed by atoms with Gasteiger partial charge in [0.2, 0.25) is 0 Å². The largest absolute Gasteiger partial charge is 0.397 e. The molecule has 0 aromatic carbocycles. The maximum atomic E-state index is 11.8. The summed E-state index contributed by atoms with van der Waals surface area (Å²) >= 11 is 0. The maximum absolute atomic E-state index is 11.8. The van der Waals surface area contributed by atoms with E-state index >= 15 is 0 Å². The average Bonchev–Trinajstić information content (AvgIpc) is 3.37. The van der Waals surface area contributed by atoms with E-state index in [4.69, 9.17) is 66.1 Å². The quantitative estimate of drug-likeness (QED) is 0.0637. The Kier molecular flexibility index (Phi) is 21.1. The fourth-order valence-corrected chi connectivity index (χ4v) is 9.87. The summed E-state index contributed by atoms with van der Waals surface area (Å²) in [6.45, 7) is -7.45. The Hall–Kier alpha value is -1.33. The van der Waals surface area contributed by atoms with E-state index in [1.807, 2.05) is 0 Å². The Morgan fingerprint density at radius 3 is 0.784 bits per heavy atom. The molecule has 22 rings (SSSR count). The second-order valence-corrected chi connectivity index (χ2v) is 19.4. The van der Waals surface area contributed by atoms with E-state index < -0.39 is 247 Å². The minimum absolute atomic E-state index is 0.325. The highest BCUT2D eigenvalue weighted by molar-refractivity contribution is 7.80. The molecule has 0 amide bonds. The standard InChI is InChI=1S/C39H66O34S/c40-4-10-27-16(46)21(51)34(62-10)69-28-11(5-41)64-36(23(53)18(28)48)71-30-13(7-43)66-38(25(55)20(30)50)73-32-15(9-45)67-39(26(56)33(32)60-2-1-3-61-74(57,58)59)72-31-14(8-44)65-37(24(54)19(31)49)70-29-12(6-42)63-35(68-27)22(52)17(29)47/h10-56H,1-9H2,(H,57,58,59)/t10-,11-,12-,13-,14-,15-,16-,17-,18-,19-,20-,21-,22-,23-,24-,25-,26-,27-,28-,29-,30-,31-,32+,33-,34-,35-,36-,37-,38-,39-/m1/s1. The lowest BCUT2D eigenvalue weighted by Gasteiger charge is -2.51. The predicted molar refractivity (Wildman–Crippen MR) is 222 cm³/mol. The van der Waals surface area contributed by atoms with Crippen molar-refractivity contribution in [2.75, 3.05) is 52.9 Å². The van der Waals surface area contributed by atoms with E-state index in [-0.39, 0.29) is 6.42 Å². The molecule has 432 valence electrons. The van der Waals surface area contributed by atoms with Crippen molar-refractivity contribution in [3.05, 3.63) is 0 Å². The molecular formula is C39H66O34S. The SMILES string of the molecule is O=S(=O)(O)OCCCO[C@@H]1[C@@H](O)[C@H]2O[C@H]3[C@H](O)[C@@H](O)[C@@H](O[C@H]4[C@H](O)[C@@H](O)[C@@H](O[C@H]5[C@H](O)[C@@H](O)[C@@H](O[C@H]6[C@H](O)[C@@H](O)[C@@H](O[C@H]7[C@H](O)[C@@H](O)[C@@H](O[C@H]1[C@@H](CO)O2)O[C@@H]7CO)O[C@@H]6CO)O[C@@H]5CO)O[C@@H]4CO)O[C@@H]3CO. The summed E-state index contributed by atoms with van der Waals surface area (Å²) in [5.41, 5.74) is 0. The monoisotopic (exact) mass is 1110 g/mol. The van der Waals surface area contributed by atoms with Gasteiger partial charge >= 0.3 is 10.4 Å². The Labute approximate surface area is 418 Å². The van der Waals surface area contributed by atoms with Gasteiger partial charge in [-0.1, -0.05) is 0 Å². The van der Waals surface area contributed by atoms with E-state index in [1.165, 1.54) is 0 Å². The Bertz CT molecular complexity index is 1830. The fraction of sp³-hybridized carbons (Fsp3) is 1.00. The van der Waals surface area contributed by atoms with E-state index in [0.717, 1.165) is 0 Å². The van der Waals surface area contributed by atoms with Gasteiger partial charge < -0.3 is 148 Å². The second kappa shape index (κ2) is 25.9. The molecule has 22 fully saturated rings. The number of aliphatic hydroxyl groups excluding tert-OH is 17. The molecule has 0 aliphatic carbocycles. The molecule has 0 spiro atoms. The molecule has 12 bridgehead atoms. The van der Waals surface area contributed by atoms with Crippen LogP contribution in [-0.4, -0.2) is 337 Å². The number of rotatable bonds is 12. The minimum Gasteiger partial charge on any atom is -0.394 e. The first-order valence-corrected chi connectivity index (χ1v) is 24.7. The topological polar surface area (TPSA) is 528 Å². The van der Waals surface area contributed by atoms with Crippen LogP contribution in [0.2, 0.25) is 0 Å². The molecular weight excluding hydrogens is 1040 g/mol. The van der Waals surface area contributed by atoms with Crippen molar-refractivity contribution >= 4 is 10.4 Å². The Balaban J connectivity index is 1.21. The molecule has 34 nitrogen and oxygen atoms in total. The lowest BCUT2D eigenvalue weighted by molar-refractivity contribution is -0.405. The molecule has 30 atom stereocenters. The highest BCUT2D eigenvalue weighted by Crippen LogP contribution is 2.38. The molecule has 22 saturated heterocycles. The van der Waals surface area contributed by atoms with Gasteiger partial charge in [0.05, 0.1) is 46.2 Å². The van der Waals surface area contributed by atoms with Crippen LogP contribution in [-0.2, 0) is 76.2 Å². The smallest absolute Gasteiger partial charge is 0.394 e. The molecule has 0 aromatic rings. The summed E-state index contributed by atoms with van der Waals surface area (Å²) < 4.78 is 110. The molecule has 0 unspecified atom stereocenters. The molecule has 0 radical (unpaired) electrons. The number of ether oxygens (including phenoxy) is 13. The van der Waals surface area contributed by atoms with Gasteiger partial charge in [-0.05, 0) is 6.42 Å². The van der Waals surface area contributed by atoms with Crippen LogP contribution >= 0.6 is 0 Å². The van der Waals surface area contributed by atoms with Gasteiger partial charge in [-0.2, -0.15) is 8.42 Å². The van der Waals surface area contributed by atoms with Crippen molar-refractivity contribution in [1.82, 2.24) is 0 Å². The Morgan fingerprint density at radius 2 is 0.541 bits per heavy atom. The normalized spacial score (nSPS) is 50.9. The van der Waals surface area contributed by atoms with Crippen molar-refractivity contribution in [2.24, 2.45) is 0 Å². The third-order valence-corrected chi connectivity index (χ3v) is 13.9.